The quantitative estimate of drug-likeness (QED) is 0.816. The third-order valence-corrected chi connectivity index (χ3v) is 2.87. The normalized spacial score (nSPS) is 10.7. The van der Waals surface area contributed by atoms with E-state index >= 15 is 0 Å². The molecule has 7 heteroatoms. The van der Waals surface area contributed by atoms with Gasteiger partial charge in [-0.25, -0.2) is 9.78 Å². The van der Waals surface area contributed by atoms with Crippen molar-refractivity contribution in [3.63, 3.8) is 0 Å². The van der Waals surface area contributed by atoms with Crippen molar-refractivity contribution in [1.82, 2.24) is 19.3 Å². The van der Waals surface area contributed by atoms with Crippen LogP contribution in [-0.2, 0) is 24.8 Å². The molecule has 19 heavy (non-hydrogen) atoms. The summed E-state index contributed by atoms with van der Waals surface area (Å²) >= 11 is 0. The molecule has 0 radical (unpaired) electrons. The van der Waals surface area contributed by atoms with Crippen LogP contribution in [0, 0.1) is 0 Å². The first-order chi connectivity index (χ1) is 9.06. The van der Waals surface area contributed by atoms with E-state index in [1.807, 2.05) is 26.2 Å². The summed E-state index contributed by atoms with van der Waals surface area (Å²) in [6, 6.07) is 1.90. The Kier molecular flexibility index (Phi) is 3.55. The Labute approximate surface area is 111 Å². The minimum atomic E-state index is -0.521. The van der Waals surface area contributed by atoms with Gasteiger partial charge in [0.05, 0.1) is 19.3 Å². The summed E-state index contributed by atoms with van der Waals surface area (Å²) in [7, 11) is 3.16. The van der Waals surface area contributed by atoms with Crippen molar-refractivity contribution in [2.75, 3.05) is 12.8 Å². The van der Waals surface area contributed by atoms with Gasteiger partial charge < -0.3 is 15.0 Å². The van der Waals surface area contributed by atoms with Gasteiger partial charge in [-0.1, -0.05) is 6.92 Å². The number of hydrogen-bond acceptors (Lipinski definition) is 5. The molecule has 0 amide bonds. The highest BCUT2D eigenvalue weighted by Gasteiger charge is 2.20. The van der Waals surface area contributed by atoms with E-state index in [0.29, 0.717) is 18.8 Å². The summed E-state index contributed by atoms with van der Waals surface area (Å²) in [5.74, 6) is 0.532. The first kappa shape index (κ1) is 13.1. The number of anilines is 1. The highest BCUT2D eigenvalue weighted by Crippen LogP contribution is 2.17. The number of imidazole rings is 1. The lowest BCUT2D eigenvalue weighted by atomic mass is 10.4. The number of nitrogen functional groups attached to an aromatic ring is 1. The van der Waals surface area contributed by atoms with Gasteiger partial charge in [-0.2, -0.15) is 5.10 Å². The standard InChI is InChI=1S/C12H17N5O2/c1-4-9-14-10(12(18)19-3)11(13)17(9)7-8-5-6-16(2)15-8/h5-6H,4,7,13H2,1-3H3. The molecule has 0 aromatic carbocycles. The van der Waals surface area contributed by atoms with Gasteiger partial charge in [0.25, 0.3) is 0 Å². The number of esters is 1. The van der Waals surface area contributed by atoms with Crippen LogP contribution in [0.5, 0.6) is 0 Å². The van der Waals surface area contributed by atoms with E-state index in [4.69, 9.17) is 5.73 Å². The van der Waals surface area contributed by atoms with Crippen LogP contribution < -0.4 is 5.73 Å². The lowest BCUT2D eigenvalue weighted by molar-refractivity contribution is 0.0595. The van der Waals surface area contributed by atoms with E-state index in [1.54, 1.807) is 9.25 Å². The minimum Gasteiger partial charge on any atom is -0.464 e. The van der Waals surface area contributed by atoms with E-state index < -0.39 is 5.97 Å². The zero-order valence-corrected chi connectivity index (χ0v) is 11.3. The Hall–Kier alpha value is -2.31. The molecule has 2 N–H and O–H groups in total. The van der Waals surface area contributed by atoms with Gasteiger partial charge in [-0.15, -0.1) is 0 Å². The van der Waals surface area contributed by atoms with Crippen molar-refractivity contribution in [3.8, 4) is 0 Å². The highest BCUT2D eigenvalue weighted by molar-refractivity contribution is 5.92. The maximum absolute atomic E-state index is 11.6. The first-order valence-electron chi connectivity index (χ1n) is 5.98. The van der Waals surface area contributed by atoms with Crippen LogP contribution in [0.3, 0.4) is 0 Å². The molecule has 0 aliphatic rings. The monoisotopic (exact) mass is 263 g/mol. The Morgan fingerprint density at radius 3 is 2.79 bits per heavy atom. The Bertz CT molecular complexity index is 599. The van der Waals surface area contributed by atoms with Crippen LogP contribution in [0.15, 0.2) is 12.3 Å². The fraction of sp³-hybridized carbons (Fsp3) is 0.417. The van der Waals surface area contributed by atoms with Crippen LogP contribution in [0.2, 0.25) is 0 Å². The number of hydrogen-bond donors (Lipinski definition) is 1. The number of nitrogens with two attached hydrogens (primary N) is 1. The molecule has 0 saturated heterocycles. The van der Waals surface area contributed by atoms with E-state index in [-0.39, 0.29) is 5.69 Å². The molecule has 0 unspecified atom stereocenters. The largest absolute Gasteiger partial charge is 0.464 e. The molecule has 0 fully saturated rings. The molecule has 102 valence electrons. The molecular formula is C12H17N5O2. The first-order valence-corrected chi connectivity index (χ1v) is 5.98. The Morgan fingerprint density at radius 2 is 2.26 bits per heavy atom. The predicted molar refractivity (Wildman–Crippen MR) is 69.7 cm³/mol. The Balaban J connectivity index is 2.38. The van der Waals surface area contributed by atoms with Crippen LogP contribution in [0.4, 0.5) is 5.82 Å². The van der Waals surface area contributed by atoms with Crippen LogP contribution in [-0.4, -0.2) is 32.4 Å². The van der Waals surface area contributed by atoms with Gasteiger partial charge in [0, 0.05) is 19.7 Å². The van der Waals surface area contributed by atoms with Gasteiger partial charge in [-0.3, -0.25) is 4.68 Å². The number of carbonyl (C=O) groups excluding carboxylic acids is 1. The molecule has 0 spiro atoms. The molecule has 0 aliphatic heterocycles. The lowest BCUT2D eigenvalue weighted by Crippen LogP contribution is -2.10. The summed E-state index contributed by atoms with van der Waals surface area (Å²) in [6.07, 6.45) is 2.53. The van der Waals surface area contributed by atoms with Crippen molar-refractivity contribution in [3.05, 3.63) is 29.5 Å². The van der Waals surface area contributed by atoms with Gasteiger partial charge >= 0.3 is 5.97 Å². The zero-order chi connectivity index (χ0) is 14.0. The maximum Gasteiger partial charge on any atom is 0.360 e. The molecule has 0 saturated carbocycles. The lowest BCUT2D eigenvalue weighted by Gasteiger charge is -2.06. The molecule has 7 nitrogen and oxygen atoms in total. The second-order valence-electron chi connectivity index (χ2n) is 4.17. The predicted octanol–water partition coefficient (Wildman–Crippen LogP) is 0.596. The second kappa shape index (κ2) is 5.13. The molecule has 2 heterocycles. The van der Waals surface area contributed by atoms with Crippen molar-refractivity contribution in [1.29, 1.82) is 0 Å². The van der Waals surface area contributed by atoms with E-state index in [1.165, 1.54) is 7.11 Å². The summed E-state index contributed by atoms with van der Waals surface area (Å²) in [5, 5.41) is 4.29. The fourth-order valence-corrected chi connectivity index (χ4v) is 1.92. The molecule has 2 aromatic rings. The molecule has 0 atom stereocenters. The fourth-order valence-electron chi connectivity index (χ4n) is 1.92. The third kappa shape index (κ3) is 2.44. The molecule has 2 aromatic heterocycles. The summed E-state index contributed by atoms with van der Waals surface area (Å²) < 4.78 is 8.17. The van der Waals surface area contributed by atoms with Crippen molar-refractivity contribution in [2.24, 2.45) is 7.05 Å². The topological polar surface area (TPSA) is 88.0 Å². The summed E-state index contributed by atoms with van der Waals surface area (Å²) in [6.45, 7) is 2.44. The highest BCUT2D eigenvalue weighted by atomic mass is 16.5. The molecule has 0 bridgehead atoms. The molecule has 0 aliphatic carbocycles. The van der Waals surface area contributed by atoms with Gasteiger partial charge in [0.1, 0.15) is 11.6 Å². The number of rotatable bonds is 4. The minimum absolute atomic E-state index is 0.162. The van der Waals surface area contributed by atoms with Gasteiger partial charge in [0.2, 0.25) is 0 Å². The third-order valence-electron chi connectivity index (χ3n) is 2.87. The number of aryl methyl sites for hydroxylation is 2. The number of carbonyl (C=O) groups is 1. The average Bonchev–Trinajstić information content (AvgIpc) is 2.94. The number of ether oxygens (including phenoxy) is 1. The average molecular weight is 263 g/mol. The maximum atomic E-state index is 11.6. The summed E-state index contributed by atoms with van der Waals surface area (Å²) in [4.78, 5) is 15.8. The zero-order valence-electron chi connectivity index (χ0n) is 11.3. The summed E-state index contributed by atoms with van der Waals surface area (Å²) in [5.41, 5.74) is 7.00. The van der Waals surface area contributed by atoms with Crippen molar-refractivity contribution in [2.45, 2.75) is 19.9 Å². The van der Waals surface area contributed by atoms with Gasteiger partial charge in [-0.05, 0) is 6.07 Å². The number of nitrogens with zero attached hydrogens (tertiary/aromatic N) is 4. The second-order valence-corrected chi connectivity index (χ2v) is 4.17. The molecular weight excluding hydrogens is 246 g/mol. The van der Waals surface area contributed by atoms with Crippen molar-refractivity contribution < 1.29 is 9.53 Å². The Morgan fingerprint density at radius 1 is 1.53 bits per heavy atom. The van der Waals surface area contributed by atoms with Crippen molar-refractivity contribution >= 4 is 11.8 Å². The smallest absolute Gasteiger partial charge is 0.360 e. The number of aromatic nitrogens is 4. The van der Waals surface area contributed by atoms with E-state index in [9.17, 15) is 4.79 Å². The SMILES string of the molecule is CCc1nc(C(=O)OC)c(N)n1Cc1ccn(C)n1. The van der Waals surface area contributed by atoms with E-state index in [2.05, 4.69) is 14.8 Å². The van der Waals surface area contributed by atoms with Gasteiger partial charge in [0.15, 0.2) is 5.69 Å². The number of methoxy groups -OCH3 is 1. The van der Waals surface area contributed by atoms with Crippen LogP contribution in [0.1, 0.15) is 28.9 Å². The molecule has 2 rings (SSSR count). The van der Waals surface area contributed by atoms with Crippen LogP contribution in [0.25, 0.3) is 0 Å². The van der Waals surface area contributed by atoms with E-state index in [0.717, 1.165) is 11.5 Å². The van der Waals surface area contributed by atoms with Crippen LogP contribution >= 0.6 is 0 Å².